The summed E-state index contributed by atoms with van der Waals surface area (Å²) in [5.41, 5.74) is 2.18. The van der Waals surface area contributed by atoms with E-state index in [1.54, 1.807) is 14.2 Å². The summed E-state index contributed by atoms with van der Waals surface area (Å²) in [4.78, 5) is 2.28. The van der Waals surface area contributed by atoms with E-state index >= 15 is 0 Å². The first-order chi connectivity index (χ1) is 9.15. The van der Waals surface area contributed by atoms with Gasteiger partial charge in [0.05, 0.1) is 20.3 Å². The smallest absolute Gasteiger partial charge is 0.129 e. The Hall–Kier alpha value is -1.26. The molecule has 0 aliphatic carbocycles. The molecule has 19 heavy (non-hydrogen) atoms. The molecule has 2 rings (SSSR count). The molecule has 4 nitrogen and oxygen atoms in total. The number of β-amino-alcohol motifs (C(OH)–C–C–N with tert-alkyl or cyclic N) is 1. The second kappa shape index (κ2) is 6.26. The van der Waals surface area contributed by atoms with Crippen molar-refractivity contribution in [3.8, 4) is 11.5 Å². The van der Waals surface area contributed by atoms with Gasteiger partial charge in [0.25, 0.3) is 0 Å². The van der Waals surface area contributed by atoms with Gasteiger partial charge in [-0.3, -0.25) is 4.90 Å². The zero-order chi connectivity index (χ0) is 13.8. The molecule has 4 heteroatoms. The summed E-state index contributed by atoms with van der Waals surface area (Å²) in [6.07, 6.45) is 1.77. The standard InChI is InChI=1S/C15H23NO3/c1-11-14(18-2)7-6-12(15(11)19-3)9-16-8-4-5-13(17)10-16/h6-7,13,17H,4-5,8-10H2,1-3H3. The molecule has 1 unspecified atom stereocenters. The number of hydrogen-bond donors (Lipinski definition) is 1. The molecule has 0 spiro atoms. The molecule has 0 aromatic heterocycles. The maximum Gasteiger partial charge on any atom is 0.129 e. The molecule has 1 fully saturated rings. The number of piperidine rings is 1. The molecule has 1 aliphatic rings. The van der Waals surface area contributed by atoms with E-state index in [-0.39, 0.29) is 6.10 Å². The van der Waals surface area contributed by atoms with E-state index < -0.39 is 0 Å². The molecule has 1 aromatic rings. The lowest BCUT2D eigenvalue weighted by atomic mass is 10.0. The quantitative estimate of drug-likeness (QED) is 0.904. The van der Waals surface area contributed by atoms with Crippen molar-refractivity contribution in [1.82, 2.24) is 4.90 Å². The third-order valence-electron chi connectivity index (χ3n) is 3.74. The van der Waals surface area contributed by atoms with Crippen molar-refractivity contribution < 1.29 is 14.6 Å². The summed E-state index contributed by atoms with van der Waals surface area (Å²) in [7, 11) is 3.36. The predicted octanol–water partition coefficient (Wildman–Crippen LogP) is 1.97. The van der Waals surface area contributed by atoms with Crippen LogP contribution in [0.5, 0.6) is 11.5 Å². The first-order valence-electron chi connectivity index (χ1n) is 6.76. The van der Waals surface area contributed by atoms with Gasteiger partial charge < -0.3 is 14.6 Å². The highest BCUT2D eigenvalue weighted by atomic mass is 16.5. The first kappa shape index (κ1) is 14.2. The highest BCUT2D eigenvalue weighted by Crippen LogP contribution is 2.32. The Kier molecular flexibility index (Phi) is 4.66. The Labute approximate surface area is 114 Å². The maximum absolute atomic E-state index is 9.73. The summed E-state index contributed by atoms with van der Waals surface area (Å²) < 4.78 is 10.8. The van der Waals surface area contributed by atoms with Gasteiger partial charge in [0, 0.05) is 24.2 Å². The van der Waals surface area contributed by atoms with Gasteiger partial charge in [0.2, 0.25) is 0 Å². The molecule has 1 aromatic carbocycles. The molecular formula is C15H23NO3. The Balaban J connectivity index is 2.17. The van der Waals surface area contributed by atoms with E-state index in [2.05, 4.69) is 4.90 Å². The molecule has 1 atom stereocenters. The minimum Gasteiger partial charge on any atom is -0.496 e. The average molecular weight is 265 g/mol. The van der Waals surface area contributed by atoms with Crippen LogP contribution in [0.25, 0.3) is 0 Å². The largest absolute Gasteiger partial charge is 0.496 e. The van der Waals surface area contributed by atoms with Crippen molar-refractivity contribution in [2.45, 2.75) is 32.4 Å². The molecule has 0 saturated carbocycles. The number of nitrogens with zero attached hydrogens (tertiary/aromatic N) is 1. The minimum atomic E-state index is -0.195. The van der Waals surface area contributed by atoms with Gasteiger partial charge in [0.1, 0.15) is 11.5 Å². The van der Waals surface area contributed by atoms with Crippen molar-refractivity contribution in [2.75, 3.05) is 27.3 Å². The fourth-order valence-corrected chi connectivity index (χ4v) is 2.78. The summed E-state index contributed by atoms with van der Waals surface area (Å²) in [5, 5.41) is 9.73. The Morgan fingerprint density at radius 1 is 1.32 bits per heavy atom. The monoisotopic (exact) mass is 265 g/mol. The van der Waals surface area contributed by atoms with Crippen LogP contribution in [0.2, 0.25) is 0 Å². The van der Waals surface area contributed by atoms with Crippen molar-refractivity contribution in [1.29, 1.82) is 0 Å². The van der Waals surface area contributed by atoms with Gasteiger partial charge in [-0.05, 0) is 32.4 Å². The second-order valence-corrected chi connectivity index (χ2v) is 5.12. The molecule has 0 bridgehead atoms. The number of methoxy groups -OCH3 is 2. The zero-order valence-electron chi connectivity index (χ0n) is 12.0. The lowest BCUT2D eigenvalue weighted by molar-refractivity contribution is 0.0664. The number of aliphatic hydroxyl groups excluding tert-OH is 1. The molecule has 0 radical (unpaired) electrons. The molecule has 0 amide bonds. The van der Waals surface area contributed by atoms with E-state index in [0.717, 1.165) is 55.1 Å². The minimum absolute atomic E-state index is 0.195. The number of hydrogen-bond acceptors (Lipinski definition) is 4. The van der Waals surface area contributed by atoms with Gasteiger partial charge in [-0.25, -0.2) is 0 Å². The number of benzene rings is 1. The van der Waals surface area contributed by atoms with Crippen LogP contribution >= 0.6 is 0 Å². The summed E-state index contributed by atoms with van der Waals surface area (Å²) in [5.74, 6) is 1.73. The van der Waals surface area contributed by atoms with Crippen LogP contribution in [-0.4, -0.2) is 43.4 Å². The number of ether oxygens (including phenoxy) is 2. The van der Waals surface area contributed by atoms with Crippen LogP contribution < -0.4 is 9.47 Å². The fraction of sp³-hybridized carbons (Fsp3) is 0.600. The van der Waals surface area contributed by atoms with Crippen LogP contribution in [0.15, 0.2) is 12.1 Å². The maximum atomic E-state index is 9.73. The van der Waals surface area contributed by atoms with Gasteiger partial charge in [-0.15, -0.1) is 0 Å². The highest BCUT2D eigenvalue weighted by molar-refractivity contribution is 5.49. The molecule has 1 heterocycles. The summed E-state index contributed by atoms with van der Waals surface area (Å²) in [6, 6.07) is 4.03. The summed E-state index contributed by atoms with van der Waals surface area (Å²) in [6.45, 7) is 4.59. The molecular weight excluding hydrogens is 242 g/mol. The van der Waals surface area contributed by atoms with Crippen LogP contribution in [0.1, 0.15) is 24.0 Å². The first-order valence-corrected chi connectivity index (χ1v) is 6.76. The summed E-state index contributed by atoms with van der Waals surface area (Å²) >= 11 is 0. The number of aliphatic hydroxyl groups is 1. The predicted molar refractivity (Wildman–Crippen MR) is 74.8 cm³/mol. The lowest BCUT2D eigenvalue weighted by Crippen LogP contribution is -2.37. The van der Waals surface area contributed by atoms with Crippen molar-refractivity contribution in [2.24, 2.45) is 0 Å². The van der Waals surface area contributed by atoms with E-state index in [0.29, 0.717) is 0 Å². The van der Waals surface area contributed by atoms with Crippen LogP contribution in [0.4, 0.5) is 0 Å². The highest BCUT2D eigenvalue weighted by Gasteiger charge is 2.20. The fourth-order valence-electron chi connectivity index (χ4n) is 2.78. The van der Waals surface area contributed by atoms with Gasteiger partial charge in [-0.1, -0.05) is 6.07 Å². The second-order valence-electron chi connectivity index (χ2n) is 5.12. The third-order valence-corrected chi connectivity index (χ3v) is 3.74. The Morgan fingerprint density at radius 2 is 2.11 bits per heavy atom. The van der Waals surface area contributed by atoms with E-state index in [9.17, 15) is 5.11 Å². The number of rotatable bonds is 4. The van der Waals surface area contributed by atoms with Crippen molar-refractivity contribution in [3.63, 3.8) is 0 Å². The molecule has 1 N–H and O–H groups in total. The molecule has 1 saturated heterocycles. The van der Waals surface area contributed by atoms with Gasteiger partial charge >= 0.3 is 0 Å². The van der Waals surface area contributed by atoms with E-state index in [1.807, 2.05) is 19.1 Å². The van der Waals surface area contributed by atoms with Crippen LogP contribution in [0, 0.1) is 6.92 Å². The number of likely N-dealkylation sites (tertiary alicyclic amines) is 1. The lowest BCUT2D eigenvalue weighted by Gasteiger charge is -2.30. The topological polar surface area (TPSA) is 41.9 Å². The van der Waals surface area contributed by atoms with Gasteiger partial charge in [-0.2, -0.15) is 0 Å². The Bertz CT molecular complexity index is 434. The molecule has 106 valence electrons. The zero-order valence-corrected chi connectivity index (χ0v) is 12.0. The SMILES string of the molecule is COc1ccc(CN2CCCC(O)C2)c(OC)c1C. The van der Waals surface area contributed by atoms with Crippen molar-refractivity contribution >= 4 is 0 Å². The Morgan fingerprint density at radius 3 is 2.74 bits per heavy atom. The average Bonchev–Trinajstić information content (AvgIpc) is 2.39. The third kappa shape index (κ3) is 3.19. The normalized spacial score (nSPS) is 20.3. The van der Waals surface area contributed by atoms with E-state index in [1.165, 1.54) is 0 Å². The van der Waals surface area contributed by atoms with Crippen LogP contribution in [0.3, 0.4) is 0 Å². The van der Waals surface area contributed by atoms with E-state index in [4.69, 9.17) is 9.47 Å². The molecule has 1 aliphatic heterocycles. The van der Waals surface area contributed by atoms with Crippen molar-refractivity contribution in [3.05, 3.63) is 23.3 Å². The van der Waals surface area contributed by atoms with Gasteiger partial charge in [0.15, 0.2) is 0 Å². The van der Waals surface area contributed by atoms with Crippen LogP contribution in [-0.2, 0) is 6.54 Å².